The van der Waals surface area contributed by atoms with E-state index in [1.54, 1.807) is 18.2 Å². The molecule has 0 aliphatic carbocycles. The third-order valence-corrected chi connectivity index (χ3v) is 6.10. The van der Waals surface area contributed by atoms with Gasteiger partial charge in [-0.3, -0.25) is 9.59 Å². The van der Waals surface area contributed by atoms with Crippen molar-refractivity contribution in [3.63, 3.8) is 0 Å². The Morgan fingerprint density at radius 1 is 1.00 bits per heavy atom. The second-order valence-corrected chi connectivity index (χ2v) is 8.40. The van der Waals surface area contributed by atoms with Crippen LogP contribution < -0.4 is 10.6 Å². The molecule has 2 rings (SSSR count). The largest absolute Gasteiger partial charge is 0.326 e. The van der Waals surface area contributed by atoms with E-state index >= 15 is 0 Å². The van der Waals surface area contributed by atoms with Gasteiger partial charge in [-0.15, -0.1) is 11.8 Å². The minimum atomic E-state index is -0.277. The van der Waals surface area contributed by atoms with Gasteiger partial charge >= 0.3 is 0 Å². The molecule has 7 heteroatoms. The van der Waals surface area contributed by atoms with Crippen LogP contribution in [0.2, 0.25) is 10.0 Å². The predicted octanol–water partition coefficient (Wildman–Crippen LogP) is 6.63. The molecule has 0 aliphatic rings. The molecule has 0 radical (unpaired) electrons. The third-order valence-electron chi connectivity index (χ3n) is 4.00. The minimum absolute atomic E-state index is 0.00778. The Bertz CT molecular complexity index is 830. The zero-order valence-corrected chi connectivity index (χ0v) is 18.3. The molecule has 0 saturated heterocycles. The lowest BCUT2D eigenvalue weighted by Crippen LogP contribution is -2.24. The number of rotatable bonds is 9. The summed E-state index contributed by atoms with van der Waals surface area (Å²) in [7, 11) is 0. The Morgan fingerprint density at radius 3 is 2.43 bits per heavy atom. The van der Waals surface area contributed by atoms with Gasteiger partial charge in [0, 0.05) is 22.7 Å². The van der Waals surface area contributed by atoms with Gasteiger partial charge in [0.2, 0.25) is 11.8 Å². The van der Waals surface area contributed by atoms with Crippen molar-refractivity contribution in [2.45, 2.75) is 49.7 Å². The fourth-order valence-corrected chi connectivity index (χ4v) is 3.80. The molecule has 150 valence electrons. The molecule has 0 bridgehead atoms. The molecule has 4 nitrogen and oxygen atoms in total. The van der Waals surface area contributed by atoms with Crippen LogP contribution in [0.4, 0.5) is 11.4 Å². The first-order chi connectivity index (χ1) is 13.4. The van der Waals surface area contributed by atoms with Crippen LogP contribution in [-0.2, 0) is 9.59 Å². The SMILES string of the molecule is CCCCC(=O)Nc1cccc(SC(CC)C(=O)Nc2ccc(Cl)c(Cl)c2)c1. The van der Waals surface area contributed by atoms with Gasteiger partial charge in [-0.25, -0.2) is 0 Å². The number of hydrogen-bond acceptors (Lipinski definition) is 3. The smallest absolute Gasteiger partial charge is 0.237 e. The highest BCUT2D eigenvalue weighted by molar-refractivity contribution is 8.00. The van der Waals surface area contributed by atoms with Crippen LogP contribution in [-0.4, -0.2) is 17.1 Å². The second kappa shape index (κ2) is 11.3. The van der Waals surface area contributed by atoms with Crippen molar-refractivity contribution < 1.29 is 9.59 Å². The fourth-order valence-electron chi connectivity index (χ4n) is 2.49. The van der Waals surface area contributed by atoms with E-state index in [9.17, 15) is 9.59 Å². The fraction of sp³-hybridized carbons (Fsp3) is 0.333. The predicted molar refractivity (Wildman–Crippen MR) is 120 cm³/mol. The first kappa shape index (κ1) is 22.6. The van der Waals surface area contributed by atoms with Crippen LogP contribution in [0.1, 0.15) is 39.5 Å². The van der Waals surface area contributed by atoms with Gasteiger partial charge in [-0.05, 0) is 49.2 Å². The lowest BCUT2D eigenvalue weighted by atomic mass is 10.2. The molecule has 2 N–H and O–H groups in total. The number of amides is 2. The third kappa shape index (κ3) is 7.04. The Kier molecular flexibility index (Phi) is 9.16. The van der Waals surface area contributed by atoms with Crippen molar-refractivity contribution in [1.29, 1.82) is 0 Å². The van der Waals surface area contributed by atoms with Crippen LogP contribution in [0, 0.1) is 0 Å². The number of anilines is 2. The van der Waals surface area contributed by atoms with Gasteiger partial charge in [0.25, 0.3) is 0 Å². The molecule has 28 heavy (non-hydrogen) atoms. The molecule has 2 amide bonds. The molecule has 0 spiro atoms. The summed E-state index contributed by atoms with van der Waals surface area (Å²) in [5, 5.41) is 6.35. The Labute approximate surface area is 180 Å². The summed E-state index contributed by atoms with van der Waals surface area (Å²) < 4.78 is 0. The summed E-state index contributed by atoms with van der Waals surface area (Å²) >= 11 is 13.4. The molecule has 0 aromatic heterocycles. The van der Waals surface area contributed by atoms with Crippen LogP contribution >= 0.6 is 35.0 Å². The van der Waals surface area contributed by atoms with Gasteiger partial charge in [0.15, 0.2) is 0 Å². The van der Waals surface area contributed by atoms with E-state index < -0.39 is 0 Å². The van der Waals surface area contributed by atoms with Crippen LogP contribution in [0.15, 0.2) is 47.4 Å². The number of carbonyl (C=O) groups is 2. The summed E-state index contributed by atoms with van der Waals surface area (Å²) in [6, 6.07) is 12.6. The zero-order chi connectivity index (χ0) is 20.5. The number of halogens is 2. The number of thioether (sulfide) groups is 1. The van der Waals surface area contributed by atoms with Gasteiger partial charge < -0.3 is 10.6 Å². The van der Waals surface area contributed by atoms with Crippen molar-refractivity contribution in [2.75, 3.05) is 10.6 Å². The highest BCUT2D eigenvalue weighted by Crippen LogP contribution is 2.30. The summed E-state index contributed by atoms with van der Waals surface area (Å²) in [6.07, 6.45) is 3.02. The zero-order valence-electron chi connectivity index (χ0n) is 15.9. The van der Waals surface area contributed by atoms with E-state index in [2.05, 4.69) is 17.6 Å². The quantitative estimate of drug-likeness (QED) is 0.431. The molecule has 2 aromatic carbocycles. The number of benzene rings is 2. The first-order valence-corrected chi connectivity index (χ1v) is 10.9. The normalized spacial score (nSPS) is 11.7. The van der Waals surface area contributed by atoms with Crippen LogP contribution in [0.5, 0.6) is 0 Å². The summed E-state index contributed by atoms with van der Waals surface area (Å²) in [6.45, 7) is 4.01. The molecule has 0 aliphatic heterocycles. The summed E-state index contributed by atoms with van der Waals surface area (Å²) in [4.78, 5) is 25.5. The molecule has 0 heterocycles. The summed E-state index contributed by atoms with van der Waals surface area (Å²) in [5.74, 6) is -0.100. The summed E-state index contributed by atoms with van der Waals surface area (Å²) in [5.41, 5.74) is 1.35. The van der Waals surface area contributed by atoms with Gasteiger partial charge in [0.05, 0.1) is 15.3 Å². The Hall–Kier alpha value is -1.69. The number of nitrogens with one attached hydrogen (secondary N) is 2. The molecular formula is C21H24Cl2N2O2S. The lowest BCUT2D eigenvalue weighted by Gasteiger charge is -2.16. The highest BCUT2D eigenvalue weighted by Gasteiger charge is 2.18. The second-order valence-electron chi connectivity index (χ2n) is 6.31. The van der Waals surface area contributed by atoms with Crippen LogP contribution in [0.25, 0.3) is 0 Å². The van der Waals surface area contributed by atoms with Crippen molar-refractivity contribution in [3.8, 4) is 0 Å². The molecule has 1 atom stereocenters. The average Bonchev–Trinajstić information content (AvgIpc) is 2.67. The highest BCUT2D eigenvalue weighted by atomic mass is 35.5. The van der Waals surface area contributed by atoms with Crippen LogP contribution in [0.3, 0.4) is 0 Å². The van der Waals surface area contributed by atoms with Crippen molar-refractivity contribution in [2.24, 2.45) is 0 Å². The number of carbonyl (C=O) groups excluding carboxylic acids is 2. The monoisotopic (exact) mass is 438 g/mol. The van der Waals surface area contributed by atoms with Gasteiger partial charge in [0.1, 0.15) is 0 Å². The molecule has 0 saturated carbocycles. The van der Waals surface area contributed by atoms with Gasteiger partial charge in [-0.1, -0.05) is 49.5 Å². The standard InChI is InChI=1S/C21H24Cl2N2O2S/c1-3-5-9-20(26)24-14-7-6-8-16(12-14)28-19(4-2)21(27)25-15-10-11-17(22)18(23)13-15/h6-8,10-13,19H,3-5,9H2,1-2H3,(H,24,26)(H,25,27). The van der Waals surface area contributed by atoms with Crippen molar-refractivity contribution >= 4 is 58.2 Å². The van der Waals surface area contributed by atoms with E-state index in [0.29, 0.717) is 28.6 Å². The van der Waals surface area contributed by atoms with E-state index in [-0.39, 0.29) is 17.1 Å². The molecule has 1 unspecified atom stereocenters. The molecule has 2 aromatic rings. The molecule has 0 fully saturated rings. The Balaban J connectivity index is 2.01. The minimum Gasteiger partial charge on any atom is -0.326 e. The number of hydrogen-bond donors (Lipinski definition) is 2. The van der Waals surface area contributed by atoms with E-state index in [0.717, 1.165) is 23.4 Å². The van der Waals surface area contributed by atoms with E-state index in [4.69, 9.17) is 23.2 Å². The maximum absolute atomic E-state index is 12.6. The first-order valence-electron chi connectivity index (χ1n) is 9.25. The van der Waals surface area contributed by atoms with Gasteiger partial charge in [-0.2, -0.15) is 0 Å². The van der Waals surface area contributed by atoms with E-state index in [1.165, 1.54) is 11.8 Å². The lowest BCUT2D eigenvalue weighted by molar-refractivity contribution is -0.116. The van der Waals surface area contributed by atoms with E-state index in [1.807, 2.05) is 31.2 Å². The topological polar surface area (TPSA) is 58.2 Å². The average molecular weight is 439 g/mol. The number of unbranched alkanes of at least 4 members (excludes halogenated alkanes) is 1. The van der Waals surface area contributed by atoms with Crippen molar-refractivity contribution in [3.05, 3.63) is 52.5 Å². The maximum Gasteiger partial charge on any atom is 0.237 e. The Morgan fingerprint density at radius 2 is 1.75 bits per heavy atom. The molecular weight excluding hydrogens is 415 g/mol. The van der Waals surface area contributed by atoms with Crippen molar-refractivity contribution in [1.82, 2.24) is 0 Å². The maximum atomic E-state index is 12.6.